The van der Waals surface area contributed by atoms with Gasteiger partial charge in [-0.15, -0.1) is 0 Å². The largest absolute Gasteiger partial charge is 0.396 e. The van der Waals surface area contributed by atoms with Crippen LogP contribution in [0.25, 0.3) is 0 Å². The highest BCUT2D eigenvalue weighted by Crippen LogP contribution is 2.23. The number of rotatable bonds is 3. The smallest absolute Gasteiger partial charge is 0.252 e. The molecule has 6 heteroatoms. The lowest BCUT2D eigenvalue weighted by molar-refractivity contribution is 0.0939. The van der Waals surface area contributed by atoms with E-state index in [1.54, 1.807) is 19.1 Å². The summed E-state index contributed by atoms with van der Waals surface area (Å²) >= 11 is 3.12. The first-order valence-electron chi connectivity index (χ1n) is 6.19. The Morgan fingerprint density at radius 3 is 2.67 bits per heavy atom. The monoisotopic (exact) mass is 354 g/mol. The fourth-order valence-corrected chi connectivity index (χ4v) is 2.37. The van der Waals surface area contributed by atoms with Crippen molar-refractivity contribution in [2.24, 2.45) is 0 Å². The predicted octanol–water partition coefficient (Wildman–Crippen LogP) is 3.80. The second-order valence-electron chi connectivity index (χ2n) is 4.60. The van der Waals surface area contributed by atoms with Gasteiger partial charge in [0.15, 0.2) is 0 Å². The van der Waals surface area contributed by atoms with E-state index in [4.69, 9.17) is 5.73 Å². The molecule has 1 unspecified atom stereocenters. The van der Waals surface area contributed by atoms with Crippen molar-refractivity contribution in [1.82, 2.24) is 5.32 Å². The zero-order chi connectivity index (χ0) is 15.6. The van der Waals surface area contributed by atoms with E-state index in [1.807, 2.05) is 0 Å². The highest BCUT2D eigenvalue weighted by Gasteiger charge is 2.16. The molecule has 0 aliphatic carbocycles. The van der Waals surface area contributed by atoms with Gasteiger partial charge < -0.3 is 11.1 Å². The lowest BCUT2D eigenvalue weighted by atomic mass is 10.1. The third-order valence-electron chi connectivity index (χ3n) is 3.03. The highest BCUT2D eigenvalue weighted by atomic mass is 79.9. The Balaban J connectivity index is 2.20. The summed E-state index contributed by atoms with van der Waals surface area (Å²) in [6.07, 6.45) is 0. The number of anilines is 1. The molecule has 2 rings (SSSR count). The Kier molecular flexibility index (Phi) is 4.57. The van der Waals surface area contributed by atoms with E-state index < -0.39 is 17.8 Å². The molecule has 0 aromatic heterocycles. The first-order chi connectivity index (χ1) is 9.88. The lowest BCUT2D eigenvalue weighted by Gasteiger charge is -2.15. The Hall–Kier alpha value is -1.95. The van der Waals surface area contributed by atoms with Gasteiger partial charge in [-0.05, 0) is 52.7 Å². The van der Waals surface area contributed by atoms with Crippen LogP contribution in [0.4, 0.5) is 14.5 Å². The Morgan fingerprint density at radius 2 is 2.00 bits per heavy atom. The van der Waals surface area contributed by atoms with Crippen molar-refractivity contribution in [1.29, 1.82) is 0 Å². The summed E-state index contributed by atoms with van der Waals surface area (Å²) in [6, 6.07) is 7.95. The number of nitrogens with one attached hydrogen (secondary N) is 1. The molecule has 1 amide bonds. The second kappa shape index (κ2) is 6.22. The van der Waals surface area contributed by atoms with E-state index in [9.17, 15) is 13.6 Å². The number of nitrogen functional groups attached to an aromatic ring is 1. The van der Waals surface area contributed by atoms with Crippen molar-refractivity contribution in [2.45, 2.75) is 13.0 Å². The van der Waals surface area contributed by atoms with E-state index in [-0.39, 0.29) is 17.1 Å². The molecule has 0 fully saturated rings. The fourth-order valence-electron chi connectivity index (χ4n) is 1.87. The maximum atomic E-state index is 13.3. The van der Waals surface area contributed by atoms with Crippen LogP contribution in [-0.4, -0.2) is 5.91 Å². The Labute approximate surface area is 129 Å². The minimum atomic E-state index is -0.600. The summed E-state index contributed by atoms with van der Waals surface area (Å²) in [5.74, 6) is -1.40. The molecule has 21 heavy (non-hydrogen) atoms. The van der Waals surface area contributed by atoms with Crippen molar-refractivity contribution in [3.8, 4) is 0 Å². The van der Waals surface area contributed by atoms with E-state index in [0.717, 1.165) is 6.07 Å². The lowest BCUT2D eigenvalue weighted by Crippen LogP contribution is -2.27. The fraction of sp³-hybridized carbons (Fsp3) is 0.133. The van der Waals surface area contributed by atoms with Crippen LogP contribution in [0.1, 0.15) is 28.9 Å². The summed E-state index contributed by atoms with van der Waals surface area (Å²) in [4.78, 5) is 12.2. The molecule has 110 valence electrons. The van der Waals surface area contributed by atoms with Gasteiger partial charge >= 0.3 is 0 Å². The maximum Gasteiger partial charge on any atom is 0.252 e. The predicted molar refractivity (Wildman–Crippen MR) is 80.8 cm³/mol. The van der Waals surface area contributed by atoms with Gasteiger partial charge in [-0.3, -0.25) is 4.79 Å². The number of hydrogen-bond acceptors (Lipinski definition) is 2. The maximum absolute atomic E-state index is 13.3. The van der Waals surface area contributed by atoms with E-state index in [1.165, 1.54) is 18.2 Å². The van der Waals surface area contributed by atoms with E-state index in [0.29, 0.717) is 10.0 Å². The van der Waals surface area contributed by atoms with E-state index >= 15 is 0 Å². The van der Waals surface area contributed by atoms with Crippen LogP contribution in [-0.2, 0) is 0 Å². The Morgan fingerprint density at radius 1 is 1.29 bits per heavy atom. The number of nitrogens with two attached hydrogens (primary N) is 1. The highest BCUT2D eigenvalue weighted by molar-refractivity contribution is 9.10. The van der Waals surface area contributed by atoms with Crippen LogP contribution in [0.5, 0.6) is 0 Å². The number of carbonyl (C=O) groups excluding carboxylic acids is 1. The average Bonchev–Trinajstić information content (AvgIpc) is 2.42. The summed E-state index contributed by atoms with van der Waals surface area (Å²) in [5.41, 5.74) is 6.21. The molecule has 0 aliphatic rings. The normalized spacial score (nSPS) is 12.0. The molecule has 0 saturated carbocycles. The number of benzene rings is 2. The van der Waals surface area contributed by atoms with Crippen molar-refractivity contribution in [3.05, 3.63) is 63.6 Å². The SMILES string of the molecule is CC(NC(=O)c1cc(N)c(F)cc1Br)c1cccc(F)c1. The van der Waals surface area contributed by atoms with Gasteiger partial charge in [-0.1, -0.05) is 12.1 Å². The van der Waals surface area contributed by atoms with Gasteiger partial charge in [0.05, 0.1) is 17.3 Å². The van der Waals surface area contributed by atoms with Crippen molar-refractivity contribution >= 4 is 27.5 Å². The third-order valence-corrected chi connectivity index (χ3v) is 3.68. The molecule has 3 nitrogen and oxygen atoms in total. The standard InChI is InChI=1S/C15H13BrF2N2O/c1-8(9-3-2-4-10(17)5-9)20-15(21)11-6-14(19)13(18)7-12(11)16/h2-8H,19H2,1H3,(H,20,21). The zero-order valence-electron chi connectivity index (χ0n) is 11.2. The quantitative estimate of drug-likeness (QED) is 0.823. The van der Waals surface area contributed by atoms with Crippen LogP contribution < -0.4 is 11.1 Å². The molecule has 2 aromatic carbocycles. The van der Waals surface area contributed by atoms with Gasteiger partial charge in [0.2, 0.25) is 0 Å². The van der Waals surface area contributed by atoms with Crippen LogP contribution in [0.15, 0.2) is 40.9 Å². The number of hydrogen-bond donors (Lipinski definition) is 2. The first kappa shape index (κ1) is 15.4. The van der Waals surface area contributed by atoms with Gasteiger partial charge in [-0.2, -0.15) is 0 Å². The molecule has 0 saturated heterocycles. The number of amides is 1. The number of halogens is 3. The Bertz CT molecular complexity index is 691. The van der Waals surface area contributed by atoms with Gasteiger partial charge in [0.25, 0.3) is 5.91 Å². The molecule has 0 radical (unpaired) electrons. The molecular weight excluding hydrogens is 342 g/mol. The molecule has 0 aliphatic heterocycles. The summed E-state index contributed by atoms with van der Waals surface area (Å²) in [5, 5.41) is 2.71. The minimum absolute atomic E-state index is 0.109. The summed E-state index contributed by atoms with van der Waals surface area (Å²) in [7, 11) is 0. The van der Waals surface area contributed by atoms with Gasteiger partial charge in [0, 0.05) is 4.47 Å². The summed E-state index contributed by atoms with van der Waals surface area (Å²) in [6.45, 7) is 1.73. The van der Waals surface area contributed by atoms with Crippen molar-refractivity contribution in [2.75, 3.05) is 5.73 Å². The zero-order valence-corrected chi connectivity index (χ0v) is 12.7. The molecule has 0 spiro atoms. The van der Waals surface area contributed by atoms with Crippen molar-refractivity contribution < 1.29 is 13.6 Å². The molecule has 0 bridgehead atoms. The van der Waals surface area contributed by atoms with Crippen molar-refractivity contribution in [3.63, 3.8) is 0 Å². The third kappa shape index (κ3) is 3.58. The van der Waals surface area contributed by atoms with Crippen LogP contribution >= 0.6 is 15.9 Å². The first-order valence-corrected chi connectivity index (χ1v) is 6.98. The second-order valence-corrected chi connectivity index (χ2v) is 5.46. The van der Waals surface area contributed by atoms with Gasteiger partial charge in [-0.25, -0.2) is 8.78 Å². The molecule has 3 N–H and O–H groups in total. The molecule has 2 aromatic rings. The van der Waals surface area contributed by atoms with Crippen LogP contribution in [0, 0.1) is 11.6 Å². The van der Waals surface area contributed by atoms with Crippen LogP contribution in [0.2, 0.25) is 0 Å². The number of carbonyl (C=O) groups is 1. The molecule has 0 heterocycles. The molecular formula is C15H13BrF2N2O. The van der Waals surface area contributed by atoms with E-state index in [2.05, 4.69) is 21.2 Å². The minimum Gasteiger partial charge on any atom is -0.396 e. The average molecular weight is 355 g/mol. The molecule has 1 atom stereocenters. The van der Waals surface area contributed by atoms with Crippen LogP contribution in [0.3, 0.4) is 0 Å². The topological polar surface area (TPSA) is 55.1 Å². The van der Waals surface area contributed by atoms with Gasteiger partial charge in [0.1, 0.15) is 11.6 Å². The summed E-state index contributed by atoms with van der Waals surface area (Å²) < 4.78 is 26.7.